The van der Waals surface area contributed by atoms with Crippen LogP contribution in [0.15, 0.2) is 18.2 Å². The summed E-state index contributed by atoms with van der Waals surface area (Å²) in [5, 5.41) is 43.6. The van der Waals surface area contributed by atoms with Gasteiger partial charge in [0.2, 0.25) is 0 Å². The van der Waals surface area contributed by atoms with Gasteiger partial charge in [-0.05, 0) is 32.0 Å². The molecule has 0 aliphatic carbocycles. The molecule has 24 heavy (non-hydrogen) atoms. The molecule has 1 aromatic carbocycles. The predicted molar refractivity (Wildman–Crippen MR) is 68.7 cm³/mol. The first kappa shape index (κ1) is 26.0. The van der Waals surface area contributed by atoms with Crippen molar-refractivity contribution < 1.29 is 66.6 Å². The third kappa shape index (κ3) is 14.0. The topological polar surface area (TPSA) is 192 Å². The first-order valence-electron chi connectivity index (χ1n) is 5.58. The molecule has 1 rings (SSSR count). The molecule has 0 aromatic heterocycles. The Kier molecular flexibility index (Phi) is 13.7. The molecule has 0 amide bonds. The summed E-state index contributed by atoms with van der Waals surface area (Å²) in [5.41, 5.74) is -1.10. The van der Waals surface area contributed by atoms with Gasteiger partial charge >= 0.3 is 35.0 Å². The van der Waals surface area contributed by atoms with Crippen molar-refractivity contribution in [1.82, 2.24) is 0 Å². The third-order valence-electron chi connectivity index (χ3n) is 1.67. The van der Waals surface area contributed by atoms with Crippen LogP contribution >= 0.6 is 0 Å². The number of aliphatic carboxylic acids is 2. The number of aromatic carboxylic acids is 3. The van der Waals surface area contributed by atoms with E-state index in [1.165, 1.54) is 0 Å². The van der Waals surface area contributed by atoms with Gasteiger partial charge in [-0.2, -0.15) is 0 Å². The zero-order chi connectivity index (χ0) is 18.7. The van der Waals surface area contributed by atoms with Gasteiger partial charge in [0, 0.05) is 11.9 Å². The maximum absolute atomic E-state index is 10.6. The van der Waals surface area contributed by atoms with E-state index in [2.05, 4.69) is 0 Å². The van der Waals surface area contributed by atoms with E-state index in [-0.39, 0.29) is 33.8 Å². The molecule has 1 aromatic rings. The van der Waals surface area contributed by atoms with Gasteiger partial charge in [-0.25, -0.2) is 14.4 Å². The van der Waals surface area contributed by atoms with Crippen molar-refractivity contribution in [3.05, 3.63) is 34.9 Å². The van der Waals surface area contributed by atoms with Crippen LogP contribution in [0.25, 0.3) is 0 Å². The van der Waals surface area contributed by atoms with Crippen molar-refractivity contribution in [1.29, 1.82) is 0 Å². The van der Waals surface area contributed by atoms with Gasteiger partial charge in [-0.15, -0.1) is 0 Å². The Morgan fingerprint density at radius 1 is 0.667 bits per heavy atom. The Morgan fingerprint density at radius 2 is 0.792 bits per heavy atom. The second-order valence-electron chi connectivity index (χ2n) is 3.70. The summed E-state index contributed by atoms with van der Waals surface area (Å²) in [7, 11) is 0. The van der Waals surface area contributed by atoms with Crippen LogP contribution in [-0.2, 0) is 26.7 Å². The van der Waals surface area contributed by atoms with Crippen molar-refractivity contribution in [2.75, 3.05) is 0 Å². The first-order chi connectivity index (χ1) is 10.4. The monoisotopic (exact) mass is 391 g/mol. The number of carboxylic acid groups (broad SMARTS) is 5. The molecule has 3 N–H and O–H groups in total. The molecule has 0 aliphatic heterocycles. The third-order valence-corrected chi connectivity index (χ3v) is 1.67. The van der Waals surface area contributed by atoms with Crippen LogP contribution in [0.1, 0.15) is 44.9 Å². The molecule has 1 radical (unpaired) electrons. The van der Waals surface area contributed by atoms with Gasteiger partial charge in [0.05, 0.1) is 16.7 Å². The summed E-state index contributed by atoms with van der Waals surface area (Å²) in [6.45, 7) is 1.94. The molecule has 11 heteroatoms. The number of hydrogen-bond acceptors (Lipinski definition) is 7. The van der Waals surface area contributed by atoms with Gasteiger partial charge in [-0.3, -0.25) is 0 Å². The van der Waals surface area contributed by atoms with Gasteiger partial charge in [-0.1, -0.05) is 0 Å². The standard InChI is InChI=1S/C9H6O6.2C2H4O2.Cu/c10-7(11)4-1-5(8(12)13)3-6(2-4)9(14)15;2*1-2(3)4;/h1-3H,(H,10,11)(H,12,13)(H,14,15);2*1H3,(H,3,4);/q;;;+2/p-2. The number of hydrogen-bond donors (Lipinski definition) is 3. The Hall–Kier alpha value is -2.91. The predicted octanol–water partition coefficient (Wildman–Crippen LogP) is -1.71. The van der Waals surface area contributed by atoms with E-state index in [1.54, 1.807) is 0 Å². The molecule has 10 nitrogen and oxygen atoms in total. The van der Waals surface area contributed by atoms with Crippen molar-refractivity contribution >= 4 is 29.8 Å². The Labute approximate surface area is 145 Å². The average molecular weight is 392 g/mol. The second-order valence-corrected chi connectivity index (χ2v) is 3.70. The molecular weight excluding hydrogens is 380 g/mol. The number of benzene rings is 1. The van der Waals surface area contributed by atoms with Crippen LogP contribution < -0.4 is 10.2 Å². The Balaban J connectivity index is -0.000000413. The number of carbonyl (C=O) groups is 5. The molecule has 0 heterocycles. The largest absolute Gasteiger partial charge is 2.00 e. The Morgan fingerprint density at radius 3 is 0.875 bits per heavy atom. The number of rotatable bonds is 3. The fraction of sp³-hybridized carbons (Fsp3) is 0.154. The van der Waals surface area contributed by atoms with E-state index in [9.17, 15) is 14.4 Å². The summed E-state index contributed by atoms with van der Waals surface area (Å²) in [6, 6.07) is 2.70. The minimum atomic E-state index is -1.37. The van der Waals surface area contributed by atoms with Crippen LogP contribution in [-0.4, -0.2) is 45.2 Å². The van der Waals surface area contributed by atoms with Crippen molar-refractivity contribution in [3.63, 3.8) is 0 Å². The fourth-order valence-electron chi connectivity index (χ4n) is 0.998. The Bertz CT molecular complexity index is 524. The molecule has 0 unspecified atom stereocenters. The zero-order valence-electron chi connectivity index (χ0n) is 12.2. The molecule has 0 bridgehead atoms. The molecule has 0 saturated carbocycles. The normalized spacial score (nSPS) is 8.08. The van der Waals surface area contributed by atoms with Crippen molar-refractivity contribution in [2.45, 2.75) is 13.8 Å². The van der Waals surface area contributed by atoms with Crippen LogP contribution in [0.4, 0.5) is 0 Å². The summed E-state index contributed by atoms with van der Waals surface area (Å²) in [4.78, 5) is 49.5. The van der Waals surface area contributed by atoms with Crippen molar-refractivity contribution in [2.24, 2.45) is 0 Å². The van der Waals surface area contributed by atoms with Gasteiger partial charge in [0.15, 0.2) is 0 Å². The molecule has 0 fully saturated rings. The second kappa shape index (κ2) is 12.6. The smallest absolute Gasteiger partial charge is 0.550 e. The minimum absolute atomic E-state index is 0. The maximum Gasteiger partial charge on any atom is 2.00 e. The zero-order valence-corrected chi connectivity index (χ0v) is 13.2. The molecule has 0 aliphatic rings. The number of carbonyl (C=O) groups excluding carboxylic acids is 2. The van der Waals surface area contributed by atoms with E-state index in [1.807, 2.05) is 0 Å². The average Bonchev–Trinajstić information content (AvgIpc) is 2.36. The van der Waals surface area contributed by atoms with Crippen LogP contribution in [0.5, 0.6) is 0 Å². The molecule has 0 atom stereocenters. The van der Waals surface area contributed by atoms with Gasteiger partial charge < -0.3 is 35.1 Å². The van der Waals surface area contributed by atoms with E-state index in [4.69, 9.17) is 35.1 Å². The molecular formula is C13H12CuO10. The molecule has 0 spiro atoms. The summed E-state index contributed by atoms with van der Waals surface area (Å²) in [5.74, 6) is -6.29. The van der Waals surface area contributed by atoms with Crippen LogP contribution in [0.2, 0.25) is 0 Å². The van der Waals surface area contributed by atoms with E-state index >= 15 is 0 Å². The molecule has 0 saturated heterocycles. The number of carboxylic acids is 5. The van der Waals surface area contributed by atoms with E-state index < -0.39 is 29.8 Å². The fourth-order valence-corrected chi connectivity index (χ4v) is 0.998. The summed E-state index contributed by atoms with van der Waals surface area (Å²) >= 11 is 0. The van der Waals surface area contributed by atoms with Gasteiger partial charge in [0.1, 0.15) is 0 Å². The van der Waals surface area contributed by atoms with Gasteiger partial charge in [0.25, 0.3) is 0 Å². The maximum atomic E-state index is 10.6. The minimum Gasteiger partial charge on any atom is -0.550 e. The van der Waals surface area contributed by atoms with E-state index in [0.717, 1.165) is 32.0 Å². The quantitative estimate of drug-likeness (QED) is 0.499. The first-order valence-corrected chi connectivity index (χ1v) is 5.58. The SMILES string of the molecule is CC(=O)[O-].CC(=O)[O-].O=C(O)c1cc(C(=O)O)cc(C(=O)O)c1.[Cu+2]. The van der Waals surface area contributed by atoms with Crippen LogP contribution in [0, 0.1) is 0 Å². The van der Waals surface area contributed by atoms with Crippen LogP contribution in [0.3, 0.4) is 0 Å². The van der Waals surface area contributed by atoms with E-state index in [0.29, 0.717) is 0 Å². The van der Waals surface area contributed by atoms with Crippen molar-refractivity contribution in [3.8, 4) is 0 Å². The summed E-state index contributed by atoms with van der Waals surface area (Å²) in [6.07, 6.45) is 0. The molecule has 135 valence electrons. The summed E-state index contributed by atoms with van der Waals surface area (Å²) < 4.78 is 0.